The average Bonchev–Trinajstić information content (AvgIpc) is 3.33. The minimum absolute atomic E-state index is 0.0291. The van der Waals surface area contributed by atoms with Gasteiger partial charge in [-0.05, 0) is 43.3 Å². The number of amides is 1. The number of aryl methyl sites for hydroxylation is 1. The summed E-state index contributed by atoms with van der Waals surface area (Å²) in [4.78, 5) is 42.1. The molecule has 0 saturated heterocycles. The first-order valence-electron chi connectivity index (χ1n) is 10.7. The Bertz CT molecular complexity index is 1470. The van der Waals surface area contributed by atoms with Crippen LogP contribution in [-0.4, -0.2) is 37.5 Å². The number of anilines is 1. The standard InChI is InChI=1S/C23H21FN6O5/c1-3-29-22(32)20(27-30(23(29)33)15-10-8-14(24)9-11-15)21-26-19(35-28-21)13-12-18(31)25-16-6-4-5-7-17(16)34-2/h4-11H,3,12-13H2,1-2H3,(H,25,31). The molecule has 0 aliphatic heterocycles. The number of carbonyl (C=O) groups is 1. The molecule has 2 aromatic heterocycles. The number of nitrogens with zero attached hydrogens (tertiary/aromatic N) is 5. The summed E-state index contributed by atoms with van der Waals surface area (Å²) in [6.07, 6.45) is 0.134. The molecule has 0 atom stereocenters. The minimum Gasteiger partial charge on any atom is -0.495 e. The first kappa shape index (κ1) is 23.5. The predicted octanol–water partition coefficient (Wildman–Crippen LogP) is 2.18. The second kappa shape index (κ2) is 10.1. The van der Waals surface area contributed by atoms with Crippen LogP contribution in [0.2, 0.25) is 0 Å². The Balaban J connectivity index is 1.56. The van der Waals surface area contributed by atoms with Crippen LogP contribution in [0.15, 0.2) is 62.6 Å². The zero-order valence-corrected chi connectivity index (χ0v) is 18.9. The number of nitrogens with one attached hydrogen (secondary N) is 1. The molecule has 1 amide bonds. The lowest BCUT2D eigenvalue weighted by Gasteiger charge is -2.09. The monoisotopic (exact) mass is 480 g/mol. The van der Waals surface area contributed by atoms with E-state index in [1.807, 2.05) is 0 Å². The van der Waals surface area contributed by atoms with Gasteiger partial charge in [-0.25, -0.2) is 9.18 Å². The molecule has 2 aromatic carbocycles. The maximum atomic E-state index is 13.3. The van der Waals surface area contributed by atoms with E-state index < -0.39 is 17.1 Å². The normalized spacial score (nSPS) is 10.8. The number of para-hydroxylation sites is 2. The molecular formula is C23H21FN6O5. The van der Waals surface area contributed by atoms with E-state index in [1.54, 1.807) is 31.2 Å². The van der Waals surface area contributed by atoms with Crippen molar-refractivity contribution in [1.82, 2.24) is 24.5 Å². The van der Waals surface area contributed by atoms with E-state index in [2.05, 4.69) is 20.6 Å². The van der Waals surface area contributed by atoms with Crippen molar-refractivity contribution in [3.05, 3.63) is 81.1 Å². The molecule has 0 saturated carbocycles. The summed E-state index contributed by atoms with van der Waals surface area (Å²) >= 11 is 0. The van der Waals surface area contributed by atoms with Crippen molar-refractivity contribution < 1.29 is 18.4 Å². The van der Waals surface area contributed by atoms with Gasteiger partial charge >= 0.3 is 5.69 Å². The molecule has 0 spiro atoms. The fourth-order valence-corrected chi connectivity index (χ4v) is 3.32. The summed E-state index contributed by atoms with van der Waals surface area (Å²) < 4.78 is 25.7. The number of aromatic nitrogens is 5. The molecule has 11 nitrogen and oxygen atoms in total. The molecule has 12 heteroatoms. The Morgan fingerprint density at radius 2 is 1.89 bits per heavy atom. The average molecular weight is 480 g/mol. The molecule has 180 valence electrons. The highest BCUT2D eigenvalue weighted by atomic mass is 19.1. The third-order valence-electron chi connectivity index (χ3n) is 5.07. The van der Waals surface area contributed by atoms with Crippen LogP contribution in [0.3, 0.4) is 0 Å². The molecule has 0 aliphatic carbocycles. The Morgan fingerprint density at radius 3 is 2.60 bits per heavy atom. The predicted molar refractivity (Wildman–Crippen MR) is 123 cm³/mol. The largest absolute Gasteiger partial charge is 0.495 e. The van der Waals surface area contributed by atoms with Crippen LogP contribution in [-0.2, 0) is 17.8 Å². The molecular weight excluding hydrogens is 459 g/mol. The molecule has 0 radical (unpaired) electrons. The minimum atomic E-state index is -0.697. The van der Waals surface area contributed by atoms with Gasteiger partial charge in [-0.2, -0.15) is 14.8 Å². The summed E-state index contributed by atoms with van der Waals surface area (Å²) in [6.45, 7) is 1.70. The number of carbonyl (C=O) groups excluding carboxylic acids is 1. The second-order valence-corrected chi connectivity index (χ2v) is 7.33. The highest BCUT2D eigenvalue weighted by molar-refractivity contribution is 5.92. The lowest BCUT2D eigenvalue weighted by molar-refractivity contribution is -0.116. The van der Waals surface area contributed by atoms with Crippen molar-refractivity contribution in [2.45, 2.75) is 26.3 Å². The van der Waals surface area contributed by atoms with Crippen molar-refractivity contribution in [3.8, 4) is 23.0 Å². The van der Waals surface area contributed by atoms with Gasteiger partial charge in [0.15, 0.2) is 5.69 Å². The van der Waals surface area contributed by atoms with Crippen LogP contribution in [0.5, 0.6) is 5.75 Å². The zero-order valence-electron chi connectivity index (χ0n) is 18.9. The molecule has 2 heterocycles. The van der Waals surface area contributed by atoms with Crippen molar-refractivity contribution in [3.63, 3.8) is 0 Å². The lowest BCUT2D eigenvalue weighted by Crippen LogP contribution is -2.41. The number of hydrogen-bond acceptors (Lipinski definition) is 8. The van der Waals surface area contributed by atoms with Gasteiger partial charge in [0, 0.05) is 19.4 Å². The summed E-state index contributed by atoms with van der Waals surface area (Å²) in [5.41, 5.74) is -0.818. The molecule has 35 heavy (non-hydrogen) atoms. The Hall–Kier alpha value is -4.61. The fraction of sp³-hybridized carbons (Fsp3) is 0.217. The van der Waals surface area contributed by atoms with Crippen molar-refractivity contribution in [2.75, 3.05) is 12.4 Å². The molecule has 4 aromatic rings. The zero-order chi connectivity index (χ0) is 24.9. The van der Waals surface area contributed by atoms with Gasteiger partial charge in [0.05, 0.1) is 18.5 Å². The first-order valence-corrected chi connectivity index (χ1v) is 10.7. The highest BCUT2D eigenvalue weighted by Gasteiger charge is 2.20. The van der Waals surface area contributed by atoms with Gasteiger partial charge in [-0.3, -0.25) is 14.2 Å². The van der Waals surface area contributed by atoms with Crippen molar-refractivity contribution in [1.29, 1.82) is 0 Å². The van der Waals surface area contributed by atoms with Gasteiger partial charge in [-0.1, -0.05) is 17.3 Å². The second-order valence-electron chi connectivity index (χ2n) is 7.33. The van der Waals surface area contributed by atoms with Gasteiger partial charge < -0.3 is 14.6 Å². The first-order chi connectivity index (χ1) is 16.9. The third-order valence-corrected chi connectivity index (χ3v) is 5.07. The van der Waals surface area contributed by atoms with E-state index in [-0.39, 0.29) is 48.4 Å². The number of rotatable bonds is 8. The molecule has 1 N–H and O–H groups in total. The van der Waals surface area contributed by atoms with Crippen LogP contribution < -0.4 is 21.3 Å². The summed E-state index contributed by atoms with van der Waals surface area (Å²) in [5, 5.41) is 10.7. The van der Waals surface area contributed by atoms with Gasteiger partial charge in [0.1, 0.15) is 11.6 Å². The molecule has 0 fully saturated rings. The maximum Gasteiger partial charge on any atom is 0.352 e. The van der Waals surface area contributed by atoms with Crippen molar-refractivity contribution >= 4 is 11.6 Å². The van der Waals surface area contributed by atoms with Crippen LogP contribution >= 0.6 is 0 Å². The van der Waals surface area contributed by atoms with E-state index >= 15 is 0 Å². The molecule has 0 bridgehead atoms. The molecule has 0 unspecified atom stereocenters. The van der Waals surface area contributed by atoms with E-state index in [9.17, 15) is 18.8 Å². The van der Waals surface area contributed by atoms with Crippen LogP contribution in [0, 0.1) is 5.82 Å². The number of methoxy groups -OCH3 is 1. The third kappa shape index (κ3) is 5.00. The van der Waals surface area contributed by atoms with Crippen molar-refractivity contribution in [2.24, 2.45) is 0 Å². The van der Waals surface area contributed by atoms with Crippen LogP contribution in [0.4, 0.5) is 10.1 Å². The highest BCUT2D eigenvalue weighted by Crippen LogP contribution is 2.23. The van der Waals surface area contributed by atoms with E-state index in [1.165, 1.54) is 31.4 Å². The van der Waals surface area contributed by atoms with Crippen LogP contribution in [0.25, 0.3) is 17.2 Å². The molecule has 0 aliphatic rings. The SMILES string of the molecule is CCn1c(=O)c(-c2noc(CCC(=O)Nc3ccccc3OC)n2)nn(-c2ccc(F)cc2)c1=O. The quantitative estimate of drug-likeness (QED) is 0.406. The summed E-state index contributed by atoms with van der Waals surface area (Å²) in [7, 11) is 1.50. The number of benzene rings is 2. The van der Waals surface area contributed by atoms with E-state index in [0.29, 0.717) is 11.4 Å². The van der Waals surface area contributed by atoms with E-state index in [0.717, 1.165) is 9.25 Å². The molecule has 4 rings (SSSR count). The number of ether oxygens (including phenoxy) is 1. The topological polar surface area (TPSA) is 134 Å². The van der Waals surface area contributed by atoms with Gasteiger partial charge in [-0.15, -0.1) is 0 Å². The van der Waals surface area contributed by atoms with Crippen LogP contribution in [0.1, 0.15) is 19.2 Å². The Morgan fingerprint density at radius 1 is 1.14 bits per heavy atom. The summed E-state index contributed by atoms with van der Waals surface area (Å²) in [6, 6.07) is 12.1. The smallest absolute Gasteiger partial charge is 0.352 e. The summed E-state index contributed by atoms with van der Waals surface area (Å²) in [5.74, 6) is -0.281. The fourth-order valence-electron chi connectivity index (χ4n) is 3.32. The van der Waals surface area contributed by atoms with Gasteiger partial charge in [0.2, 0.25) is 17.6 Å². The van der Waals surface area contributed by atoms with E-state index in [4.69, 9.17) is 9.26 Å². The Kier molecular flexibility index (Phi) is 6.81. The maximum absolute atomic E-state index is 13.3. The lowest BCUT2D eigenvalue weighted by atomic mass is 10.2. The Labute approximate surface area is 197 Å². The number of hydrogen-bond donors (Lipinski definition) is 1. The number of halogens is 1. The van der Waals surface area contributed by atoms with Gasteiger partial charge in [0.25, 0.3) is 5.56 Å².